The SMILES string of the molecule is CN(Cc1ccncc1)c1nccn2nc(C3CC3)cc12. The van der Waals surface area contributed by atoms with Crippen LogP contribution in [0.25, 0.3) is 5.52 Å². The summed E-state index contributed by atoms with van der Waals surface area (Å²) in [6.45, 7) is 0.805. The second-order valence-electron chi connectivity index (χ2n) is 5.64. The van der Waals surface area contributed by atoms with Crippen LogP contribution in [0, 0.1) is 0 Å². The minimum absolute atomic E-state index is 0.656. The molecule has 3 aromatic rings. The number of hydrogen-bond donors (Lipinski definition) is 0. The predicted octanol–water partition coefficient (Wildman–Crippen LogP) is 2.64. The van der Waals surface area contributed by atoms with Gasteiger partial charge in [0.05, 0.1) is 5.69 Å². The van der Waals surface area contributed by atoms with Gasteiger partial charge in [-0.1, -0.05) is 0 Å². The van der Waals surface area contributed by atoms with Crippen molar-refractivity contribution in [3.8, 4) is 0 Å². The van der Waals surface area contributed by atoms with Crippen molar-refractivity contribution in [2.75, 3.05) is 11.9 Å². The summed E-state index contributed by atoms with van der Waals surface area (Å²) in [5.74, 6) is 1.62. The first-order chi connectivity index (χ1) is 10.3. The van der Waals surface area contributed by atoms with Crippen LogP contribution in [0.5, 0.6) is 0 Å². The van der Waals surface area contributed by atoms with Crippen LogP contribution >= 0.6 is 0 Å². The monoisotopic (exact) mass is 279 g/mol. The Labute approximate surface area is 123 Å². The molecule has 0 radical (unpaired) electrons. The lowest BCUT2D eigenvalue weighted by Crippen LogP contribution is -2.18. The molecule has 3 heterocycles. The average Bonchev–Trinajstić information content (AvgIpc) is 3.26. The lowest BCUT2D eigenvalue weighted by molar-refractivity contribution is 0.858. The minimum atomic E-state index is 0.656. The van der Waals surface area contributed by atoms with Gasteiger partial charge >= 0.3 is 0 Å². The Bertz CT molecular complexity index is 761. The highest BCUT2D eigenvalue weighted by Crippen LogP contribution is 2.40. The largest absolute Gasteiger partial charge is 0.354 e. The van der Waals surface area contributed by atoms with Gasteiger partial charge in [-0.3, -0.25) is 4.98 Å². The topological polar surface area (TPSA) is 46.3 Å². The Morgan fingerprint density at radius 2 is 2.05 bits per heavy atom. The number of rotatable bonds is 4. The molecule has 1 fully saturated rings. The number of aromatic nitrogens is 4. The van der Waals surface area contributed by atoms with Gasteiger partial charge < -0.3 is 4.90 Å². The van der Waals surface area contributed by atoms with Gasteiger partial charge in [0.1, 0.15) is 5.52 Å². The van der Waals surface area contributed by atoms with Crippen molar-refractivity contribution in [2.24, 2.45) is 0 Å². The molecular formula is C16H17N5. The third kappa shape index (κ3) is 2.35. The average molecular weight is 279 g/mol. The van der Waals surface area contributed by atoms with Crippen LogP contribution in [0.4, 0.5) is 5.82 Å². The third-order valence-electron chi connectivity index (χ3n) is 3.91. The van der Waals surface area contributed by atoms with Crippen LogP contribution in [-0.4, -0.2) is 26.6 Å². The lowest BCUT2D eigenvalue weighted by atomic mass is 10.2. The number of hydrogen-bond acceptors (Lipinski definition) is 4. The Morgan fingerprint density at radius 3 is 2.81 bits per heavy atom. The molecule has 4 rings (SSSR count). The van der Waals surface area contributed by atoms with E-state index in [4.69, 9.17) is 0 Å². The molecule has 0 aromatic carbocycles. The molecule has 1 aliphatic rings. The van der Waals surface area contributed by atoms with E-state index in [1.807, 2.05) is 41.4 Å². The molecule has 0 spiro atoms. The summed E-state index contributed by atoms with van der Waals surface area (Å²) in [6.07, 6.45) is 9.90. The molecule has 0 atom stereocenters. The summed E-state index contributed by atoms with van der Waals surface area (Å²) in [4.78, 5) is 10.8. The smallest absolute Gasteiger partial charge is 0.154 e. The van der Waals surface area contributed by atoms with Crippen LogP contribution in [0.2, 0.25) is 0 Å². The Morgan fingerprint density at radius 1 is 1.24 bits per heavy atom. The van der Waals surface area contributed by atoms with Crippen LogP contribution in [0.15, 0.2) is 43.0 Å². The fourth-order valence-corrected chi connectivity index (χ4v) is 2.64. The van der Waals surface area contributed by atoms with Crippen LogP contribution < -0.4 is 4.90 Å². The van der Waals surface area contributed by atoms with E-state index >= 15 is 0 Å². The number of pyridine rings is 1. The Balaban J connectivity index is 1.68. The second kappa shape index (κ2) is 4.84. The van der Waals surface area contributed by atoms with E-state index in [0.29, 0.717) is 5.92 Å². The van der Waals surface area contributed by atoms with E-state index in [-0.39, 0.29) is 0 Å². The zero-order chi connectivity index (χ0) is 14.2. The molecule has 21 heavy (non-hydrogen) atoms. The van der Waals surface area contributed by atoms with Crippen molar-refractivity contribution in [2.45, 2.75) is 25.3 Å². The highest BCUT2D eigenvalue weighted by atomic mass is 15.3. The van der Waals surface area contributed by atoms with Gasteiger partial charge in [-0.2, -0.15) is 5.10 Å². The summed E-state index contributed by atoms with van der Waals surface area (Å²) in [5.41, 5.74) is 3.50. The van der Waals surface area contributed by atoms with Crippen molar-refractivity contribution >= 4 is 11.3 Å². The zero-order valence-corrected chi connectivity index (χ0v) is 12.0. The lowest BCUT2D eigenvalue weighted by Gasteiger charge is -2.18. The number of anilines is 1. The van der Waals surface area contributed by atoms with Crippen molar-refractivity contribution in [3.63, 3.8) is 0 Å². The maximum absolute atomic E-state index is 4.66. The van der Waals surface area contributed by atoms with Crippen molar-refractivity contribution in [1.29, 1.82) is 0 Å². The highest BCUT2D eigenvalue weighted by Gasteiger charge is 2.27. The van der Waals surface area contributed by atoms with Gasteiger partial charge in [0.15, 0.2) is 5.82 Å². The predicted molar refractivity (Wildman–Crippen MR) is 81.3 cm³/mol. The summed E-state index contributed by atoms with van der Waals surface area (Å²) in [7, 11) is 2.06. The maximum atomic E-state index is 4.66. The van der Waals surface area contributed by atoms with Crippen LogP contribution in [0.3, 0.4) is 0 Å². The van der Waals surface area contributed by atoms with Gasteiger partial charge in [0, 0.05) is 44.3 Å². The Hall–Kier alpha value is -2.43. The molecule has 0 bridgehead atoms. The van der Waals surface area contributed by atoms with E-state index in [1.165, 1.54) is 24.1 Å². The Kier molecular flexibility index (Phi) is 2.84. The number of nitrogens with zero attached hydrogens (tertiary/aromatic N) is 5. The van der Waals surface area contributed by atoms with Crippen LogP contribution in [0.1, 0.15) is 30.0 Å². The molecular weight excluding hydrogens is 262 g/mol. The van der Waals surface area contributed by atoms with Gasteiger partial charge in [-0.15, -0.1) is 0 Å². The molecule has 0 amide bonds. The molecule has 0 aliphatic heterocycles. The number of fused-ring (bicyclic) bond motifs is 1. The van der Waals surface area contributed by atoms with Gasteiger partial charge in [-0.25, -0.2) is 9.50 Å². The molecule has 5 nitrogen and oxygen atoms in total. The third-order valence-corrected chi connectivity index (χ3v) is 3.91. The van der Waals surface area contributed by atoms with Gasteiger partial charge in [0.25, 0.3) is 0 Å². The van der Waals surface area contributed by atoms with Crippen molar-refractivity contribution in [1.82, 2.24) is 19.6 Å². The standard InChI is InChI=1S/C16H17N5/c1-20(11-12-4-6-17-7-5-12)16-15-10-14(13-2-3-13)19-21(15)9-8-18-16/h4-10,13H,2-3,11H2,1H3. The first-order valence-electron chi connectivity index (χ1n) is 7.25. The van der Waals surface area contributed by atoms with E-state index in [0.717, 1.165) is 17.9 Å². The summed E-state index contributed by atoms with van der Waals surface area (Å²) in [5, 5.41) is 4.66. The zero-order valence-electron chi connectivity index (χ0n) is 12.0. The van der Waals surface area contributed by atoms with Gasteiger partial charge in [-0.05, 0) is 36.6 Å². The maximum Gasteiger partial charge on any atom is 0.154 e. The fourth-order valence-electron chi connectivity index (χ4n) is 2.64. The minimum Gasteiger partial charge on any atom is -0.354 e. The van der Waals surface area contributed by atoms with E-state index in [2.05, 4.69) is 33.1 Å². The van der Waals surface area contributed by atoms with E-state index < -0.39 is 0 Å². The van der Waals surface area contributed by atoms with Gasteiger partial charge in [0.2, 0.25) is 0 Å². The molecule has 5 heteroatoms. The summed E-state index contributed by atoms with van der Waals surface area (Å²) in [6, 6.07) is 6.24. The summed E-state index contributed by atoms with van der Waals surface area (Å²) >= 11 is 0. The van der Waals surface area contributed by atoms with E-state index in [1.54, 1.807) is 0 Å². The molecule has 1 saturated carbocycles. The first kappa shape index (κ1) is 12.3. The van der Waals surface area contributed by atoms with Crippen molar-refractivity contribution < 1.29 is 0 Å². The van der Waals surface area contributed by atoms with Crippen LogP contribution in [-0.2, 0) is 6.54 Å². The molecule has 0 N–H and O–H groups in total. The highest BCUT2D eigenvalue weighted by molar-refractivity contribution is 5.69. The second-order valence-corrected chi connectivity index (χ2v) is 5.64. The summed E-state index contributed by atoms with van der Waals surface area (Å²) < 4.78 is 1.94. The fraction of sp³-hybridized carbons (Fsp3) is 0.312. The van der Waals surface area contributed by atoms with Crippen molar-refractivity contribution in [3.05, 3.63) is 54.2 Å². The molecule has 3 aromatic heterocycles. The van der Waals surface area contributed by atoms with E-state index in [9.17, 15) is 0 Å². The molecule has 106 valence electrons. The normalized spacial score (nSPS) is 14.5. The molecule has 1 aliphatic carbocycles. The quantitative estimate of drug-likeness (QED) is 0.736. The molecule has 0 saturated heterocycles. The first-order valence-corrected chi connectivity index (χ1v) is 7.25. The molecule has 0 unspecified atom stereocenters.